The number of nitrogens with zero attached hydrogens (tertiary/aromatic N) is 1. The molecule has 0 saturated carbocycles. The lowest BCUT2D eigenvalue weighted by Crippen LogP contribution is -2.34. The highest BCUT2D eigenvalue weighted by Gasteiger charge is 2.13. The Labute approximate surface area is 231 Å². The summed E-state index contributed by atoms with van der Waals surface area (Å²) in [5, 5.41) is 8.47. The standard InChI is InChI=1S/C32H39N3O4/c1-2-3-4-5-6-7-8-9-13-20-30(36)33-24-31(37)35-34-23-28-27-19-15-14-16-25(27)21-22-29(28)39-32(38)26-17-11-10-12-18-26/h10-12,14-19,21-23H,2-9,13,20,24H2,1H3,(H,33,36)(H,35,37)/b34-23-. The van der Waals surface area contributed by atoms with Gasteiger partial charge < -0.3 is 10.1 Å². The summed E-state index contributed by atoms with van der Waals surface area (Å²) in [6.45, 7) is 2.07. The molecule has 0 spiro atoms. The van der Waals surface area contributed by atoms with E-state index in [-0.39, 0.29) is 12.5 Å². The molecule has 7 heteroatoms. The molecular weight excluding hydrogens is 490 g/mol. The lowest BCUT2D eigenvalue weighted by Gasteiger charge is -2.10. The van der Waals surface area contributed by atoms with Crippen LogP contribution in [0.4, 0.5) is 0 Å². The number of rotatable bonds is 16. The predicted octanol–water partition coefficient (Wildman–Crippen LogP) is 6.55. The van der Waals surface area contributed by atoms with Gasteiger partial charge in [-0.2, -0.15) is 5.10 Å². The third kappa shape index (κ3) is 10.3. The number of hydrogen-bond acceptors (Lipinski definition) is 5. The van der Waals surface area contributed by atoms with Gasteiger partial charge in [-0.15, -0.1) is 0 Å². The number of carbonyl (C=O) groups is 3. The maximum Gasteiger partial charge on any atom is 0.343 e. The summed E-state index contributed by atoms with van der Waals surface area (Å²) in [7, 11) is 0. The van der Waals surface area contributed by atoms with Gasteiger partial charge in [-0.25, -0.2) is 10.2 Å². The van der Waals surface area contributed by atoms with Gasteiger partial charge in [-0.3, -0.25) is 9.59 Å². The molecule has 0 unspecified atom stereocenters. The molecule has 39 heavy (non-hydrogen) atoms. The summed E-state index contributed by atoms with van der Waals surface area (Å²) in [5.74, 6) is -0.731. The number of benzene rings is 3. The molecule has 3 rings (SSSR count). The quantitative estimate of drug-likeness (QED) is 0.0723. The third-order valence-corrected chi connectivity index (χ3v) is 6.48. The van der Waals surface area contributed by atoms with Crippen LogP contribution in [-0.4, -0.2) is 30.5 Å². The fourth-order valence-corrected chi connectivity index (χ4v) is 4.30. The Morgan fingerprint density at radius 2 is 1.44 bits per heavy atom. The lowest BCUT2D eigenvalue weighted by atomic mass is 10.0. The lowest BCUT2D eigenvalue weighted by molar-refractivity contribution is -0.126. The zero-order chi connectivity index (χ0) is 27.7. The highest BCUT2D eigenvalue weighted by molar-refractivity contribution is 6.04. The highest BCUT2D eigenvalue weighted by atomic mass is 16.5. The van der Waals surface area contributed by atoms with Crippen LogP contribution in [0.2, 0.25) is 0 Å². The minimum absolute atomic E-state index is 0.138. The van der Waals surface area contributed by atoms with Gasteiger partial charge in [0.1, 0.15) is 5.75 Å². The van der Waals surface area contributed by atoms with Crippen molar-refractivity contribution >= 4 is 34.8 Å². The van der Waals surface area contributed by atoms with E-state index in [1.54, 1.807) is 30.3 Å². The van der Waals surface area contributed by atoms with Crippen molar-refractivity contribution < 1.29 is 19.1 Å². The number of ether oxygens (including phenoxy) is 1. The van der Waals surface area contributed by atoms with Gasteiger partial charge in [-0.1, -0.05) is 107 Å². The number of hydrogen-bond donors (Lipinski definition) is 2. The van der Waals surface area contributed by atoms with Crippen molar-refractivity contribution in [2.24, 2.45) is 5.10 Å². The first-order valence-corrected chi connectivity index (χ1v) is 14.0. The van der Waals surface area contributed by atoms with Crippen LogP contribution in [0.5, 0.6) is 5.75 Å². The third-order valence-electron chi connectivity index (χ3n) is 6.48. The summed E-state index contributed by atoms with van der Waals surface area (Å²) >= 11 is 0. The van der Waals surface area contributed by atoms with Gasteiger partial charge in [0.2, 0.25) is 5.91 Å². The Bertz CT molecular complexity index is 1240. The zero-order valence-electron chi connectivity index (χ0n) is 22.8. The number of nitrogens with one attached hydrogen (secondary N) is 2. The van der Waals surface area contributed by atoms with E-state index in [0.29, 0.717) is 23.3 Å². The molecule has 2 amide bonds. The van der Waals surface area contributed by atoms with Crippen LogP contribution in [0.15, 0.2) is 71.8 Å². The second kappa shape index (κ2) is 16.8. The number of unbranched alkanes of at least 4 members (excludes halogenated alkanes) is 8. The second-order valence-electron chi connectivity index (χ2n) is 9.60. The van der Waals surface area contributed by atoms with Crippen LogP contribution in [0, 0.1) is 0 Å². The highest BCUT2D eigenvalue weighted by Crippen LogP contribution is 2.27. The molecule has 0 aliphatic heterocycles. The van der Waals surface area contributed by atoms with Crippen LogP contribution < -0.4 is 15.5 Å². The van der Waals surface area contributed by atoms with Crippen molar-refractivity contribution in [3.05, 3.63) is 77.9 Å². The minimum Gasteiger partial charge on any atom is -0.422 e. The Morgan fingerprint density at radius 1 is 0.769 bits per heavy atom. The Hall–Kier alpha value is -4.00. The monoisotopic (exact) mass is 529 g/mol. The molecule has 0 radical (unpaired) electrons. The van der Waals surface area contributed by atoms with Crippen molar-refractivity contribution in [2.45, 2.75) is 71.1 Å². The van der Waals surface area contributed by atoms with Crippen LogP contribution >= 0.6 is 0 Å². The van der Waals surface area contributed by atoms with E-state index in [2.05, 4.69) is 22.8 Å². The fourth-order valence-electron chi connectivity index (χ4n) is 4.30. The van der Waals surface area contributed by atoms with Gasteiger partial charge in [0.15, 0.2) is 0 Å². The van der Waals surface area contributed by atoms with Gasteiger partial charge >= 0.3 is 5.97 Å². The summed E-state index contributed by atoms with van der Waals surface area (Å²) in [6.07, 6.45) is 12.5. The second-order valence-corrected chi connectivity index (χ2v) is 9.60. The van der Waals surface area contributed by atoms with Crippen LogP contribution in [0.1, 0.15) is 87.1 Å². The van der Waals surface area contributed by atoms with Gasteiger partial charge in [-0.05, 0) is 35.4 Å². The van der Waals surface area contributed by atoms with Crippen LogP contribution in [0.25, 0.3) is 10.8 Å². The van der Waals surface area contributed by atoms with Crippen molar-refractivity contribution in [2.75, 3.05) is 6.54 Å². The van der Waals surface area contributed by atoms with E-state index in [1.165, 1.54) is 44.7 Å². The summed E-state index contributed by atoms with van der Waals surface area (Å²) < 4.78 is 5.66. The fraction of sp³-hybridized carbons (Fsp3) is 0.375. The average Bonchev–Trinajstić information content (AvgIpc) is 2.96. The molecule has 0 fully saturated rings. The topological polar surface area (TPSA) is 96.9 Å². The molecule has 7 nitrogen and oxygen atoms in total. The zero-order valence-corrected chi connectivity index (χ0v) is 22.8. The molecule has 206 valence electrons. The van der Waals surface area contributed by atoms with Gasteiger partial charge in [0, 0.05) is 12.0 Å². The first kappa shape index (κ1) is 29.6. The van der Waals surface area contributed by atoms with E-state index in [0.717, 1.165) is 30.0 Å². The Balaban J connectivity index is 1.46. The molecule has 0 atom stereocenters. The van der Waals surface area contributed by atoms with E-state index < -0.39 is 11.9 Å². The smallest absolute Gasteiger partial charge is 0.343 e. The first-order valence-electron chi connectivity index (χ1n) is 14.0. The van der Waals surface area contributed by atoms with E-state index in [1.807, 2.05) is 36.4 Å². The van der Waals surface area contributed by atoms with E-state index in [9.17, 15) is 14.4 Å². The van der Waals surface area contributed by atoms with E-state index >= 15 is 0 Å². The molecule has 2 N–H and O–H groups in total. The minimum atomic E-state index is -0.487. The molecule has 3 aromatic rings. The molecule has 0 heterocycles. The largest absolute Gasteiger partial charge is 0.422 e. The number of fused-ring (bicyclic) bond motifs is 1. The van der Waals surface area contributed by atoms with Crippen molar-refractivity contribution in [3.63, 3.8) is 0 Å². The van der Waals surface area contributed by atoms with Crippen LogP contribution in [0.3, 0.4) is 0 Å². The maximum absolute atomic E-state index is 12.6. The molecule has 0 bridgehead atoms. The molecule has 0 saturated heterocycles. The summed E-state index contributed by atoms with van der Waals surface area (Å²) in [4.78, 5) is 37.0. The Morgan fingerprint density at radius 3 is 2.18 bits per heavy atom. The normalized spacial score (nSPS) is 11.0. The summed E-state index contributed by atoms with van der Waals surface area (Å²) in [5.41, 5.74) is 3.44. The van der Waals surface area contributed by atoms with Gasteiger partial charge in [0.05, 0.1) is 18.3 Å². The maximum atomic E-state index is 12.6. The average molecular weight is 530 g/mol. The van der Waals surface area contributed by atoms with Crippen LogP contribution in [-0.2, 0) is 9.59 Å². The predicted molar refractivity (Wildman–Crippen MR) is 156 cm³/mol. The van der Waals surface area contributed by atoms with E-state index in [4.69, 9.17) is 4.74 Å². The summed E-state index contributed by atoms with van der Waals surface area (Å²) in [6, 6.07) is 19.9. The number of amides is 2. The Kier molecular flexibility index (Phi) is 12.7. The van der Waals surface area contributed by atoms with Crippen molar-refractivity contribution in [1.82, 2.24) is 10.7 Å². The number of esters is 1. The molecule has 3 aromatic carbocycles. The van der Waals surface area contributed by atoms with Crippen molar-refractivity contribution in [3.8, 4) is 5.75 Å². The van der Waals surface area contributed by atoms with Gasteiger partial charge in [0.25, 0.3) is 5.91 Å². The number of hydrazone groups is 1. The molecular formula is C32H39N3O4. The number of carbonyl (C=O) groups excluding carboxylic acids is 3. The molecule has 0 aromatic heterocycles. The molecule has 0 aliphatic carbocycles. The molecule has 0 aliphatic rings. The SMILES string of the molecule is CCCCCCCCCCCC(=O)NCC(=O)N/N=C\c1c(OC(=O)c2ccccc2)ccc2ccccc12. The first-order chi connectivity index (χ1) is 19.1. The van der Waals surface area contributed by atoms with Crippen molar-refractivity contribution in [1.29, 1.82) is 0 Å².